The van der Waals surface area contributed by atoms with Crippen LogP contribution in [-0.2, 0) is 12.8 Å². The van der Waals surface area contributed by atoms with Gasteiger partial charge in [-0.15, -0.1) is 0 Å². The van der Waals surface area contributed by atoms with Crippen molar-refractivity contribution >= 4 is 11.6 Å². The van der Waals surface area contributed by atoms with Crippen LogP contribution in [0.25, 0.3) is 11.3 Å². The Morgan fingerprint density at radius 2 is 1.80 bits per heavy atom. The number of hydrogen-bond donors (Lipinski definition) is 0. The minimum Gasteiger partial charge on any atom is -0.233 e. The third kappa shape index (κ3) is 3.37. The normalized spacial score (nSPS) is 10.8. The molecule has 106 valence electrons. The Hall–Kier alpha value is -1.41. The molecule has 2 rings (SSSR count). The van der Waals surface area contributed by atoms with E-state index in [-0.39, 0.29) is 0 Å². The zero-order valence-corrected chi connectivity index (χ0v) is 13.2. The van der Waals surface area contributed by atoms with Crippen LogP contribution in [-0.4, -0.2) is 9.97 Å². The monoisotopic (exact) mass is 288 g/mol. The number of aromatic nitrogens is 2. The van der Waals surface area contributed by atoms with Gasteiger partial charge in [-0.2, -0.15) is 0 Å². The van der Waals surface area contributed by atoms with E-state index in [1.165, 1.54) is 5.56 Å². The SMILES string of the molecule is CCCc1cccc(-c2nc(CCC)nc(Cl)c2C)c1. The molecule has 0 unspecified atom stereocenters. The quantitative estimate of drug-likeness (QED) is 0.723. The molecule has 20 heavy (non-hydrogen) atoms. The highest BCUT2D eigenvalue weighted by Gasteiger charge is 2.11. The number of benzene rings is 1. The molecule has 0 aliphatic heterocycles. The molecule has 0 amide bonds. The molecule has 2 aromatic rings. The molecule has 0 N–H and O–H groups in total. The lowest BCUT2D eigenvalue weighted by Gasteiger charge is -2.10. The highest BCUT2D eigenvalue weighted by atomic mass is 35.5. The lowest BCUT2D eigenvalue weighted by molar-refractivity contribution is 0.833. The average molecular weight is 289 g/mol. The predicted molar refractivity (Wildman–Crippen MR) is 85.2 cm³/mol. The standard InChI is InChI=1S/C17H21ClN2/c1-4-7-13-9-6-10-14(11-13)16-12(3)17(18)20-15(19-16)8-5-2/h6,9-11H,4-5,7-8H2,1-3H3. The van der Waals surface area contributed by atoms with Crippen molar-refractivity contribution < 1.29 is 0 Å². The van der Waals surface area contributed by atoms with E-state index in [0.29, 0.717) is 5.15 Å². The maximum absolute atomic E-state index is 6.25. The molecule has 0 atom stereocenters. The molecule has 0 aliphatic carbocycles. The summed E-state index contributed by atoms with van der Waals surface area (Å²) >= 11 is 6.25. The molecule has 1 aromatic carbocycles. The van der Waals surface area contributed by atoms with E-state index in [0.717, 1.165) is 48.3 Å². The van der Waals surface area contributed by atoms with Crippen molar-refractivity contribution in [3.8, 4) is 11.3 Å². The fourth-order valence-electron chi connectivity index (χ4n) is 2.31. The number of aryl methyl sites for hydroxylation is 2. The maximum atomic E-state index is 6.25. The van der Waals surface area contributed by atoms with E-state index in [1.807, 2.05) is 6.92 Å². The van der Waals surface area contributed by atoms with Crippen LogP contribution in [0.2, 0.25) is 5.15 Å². The van der Waals surface area contributed by atoms with Gasteiger partial charge in [-0.05, 0) is 31.4 Å². The van der Waals surface area contributed by atoms with Crippen molar-refractivity contribution in [3.05, 3.63) is 46.4 Å². The van der Waals surface area contributed by atoms with Gasteiger partial charge in [0, 0.05) is 17.5 Å². The third-order valence-electron chi connectivity index (χ3n) is 3.35. The predicted octanol–water partition coefficient (Wildman–Crippen LogP) is 5.01. The number of halogens is 1. The van der Waals surface area contributed by atoms with Crippen LogP contribution in [0.4, 0.5) is 0 Å². The fourth-order valence-corrected chi connectivity index (χ4v) is 2.50. The molecular weight excluding hydrogens is 268 g/mol. The van der Waals surface area contributed by atoms with Crippen molar-refractivity contribution in [3.63, 3.8) is 0 Å². The molecular formula is C17H21ClN2. The van der Waals surface area contributed by atoms with E-state index in [9.17, 15) is 0 Å². The highest BCUT2D eigenvalue weighted by Crippen LogP contribution is 2.27. The van der Waals surface area contributed by atoms with Gasteiger partial charge in [-0.25, -0.2) is 9.97 Å². The Labute approximate surface area is 126 Å². The maximum Gasteiger partial charge on any atom is 0.136 e. The van der Waals surface area contributed by atoms with Gasteiger partial charge in [0.15, 0.2) is 0 Å². The first-order chi connectivity index (χ1) is 9.65. The van der Waals surface area contributed by atoms with Crippen LogP contribution in [0.15, 0.2) is 24.3 Å². The van der Waals surface area contributed by atoms with Crippen LogP contribution in [0.1, 0.15) is 43.6 Å². The molecule has 0 fully saturated rings. The van der Waals surface area contributed by atoms with Crippen LogP contribution in [0, 0.1) is 6.92 Å². The zero-order chi connectivity index (χ0) is 14.5. The van der Waals surface area contributed by atoms with Crippen LogP contribution >= 0.6 is 11.6 Å². The summed E-state index contributed by atoms with van der Waals surface area (Å²) in [4.78, 5) is 9.06. The summed E-state index contributed by atoms with van der Waals surface area (Å²) < 4.78 is 0. The first-order valence-corrected chi connectivity index (χ1v) is 7.65. The molecule has 0 radical (unpaired) electrons. The summed E-state index contributed by atoms with van der Waals surface area (Å²) in [6.07, 6.45) is 4.12. The molecule has 0 aliphatic rings. The fraction of sp³-hybridized carbons (Fsp3) is 0.412. The largest absolute Gasteiger partial charge is 0.233 e. The van der Waals surface area contributed by atoms with Gasteiger partial charge in [-0.3, -0.25) is 0 Å². The minimum absolute atomic E-state index is 0.569. The van der Waals surface area contributed by atoms with Crippen LogP contribution in [0.3, 0.4) is 0 Å². The summed E-state index contributed by atoms with van der Waals surface area (Å²) in [5.41, 5.74) is 4.40. The third-order valence-corrected chi connectivity index (χ3v) is 3.71. The first kappa shape index (κ1) is 15.0. The Bertz CT molecular complexity index is 594. The number of rotatable bonds is 5. The van der Waals surface area contributed by atoms with Crippen LogP contribution < -0.4 is 0 Å². The van der Waals surface area contributed by atoms with Crippen molar-refractivity contribution in [2.45, 2.75) is 46.5 Å². The van der Waals surface area contributed by atoms with Gasteiger partial charge in [0.25, 0.3) is 0 Å². The van der Waals surface area contributed by atoms with Crippen molar-refractivity contribution in [2.75, 3.05) is 0 Å². The van der Waals surface area contributed by atoms with Gasteiger partial charge in [0.1, 0.15) is 11.0 Å². The molecule has 1 aromatic heterocycles. The Kier molecular flexibility index (Phi) is 5.13. The molecule has 0 saturated heterocycles. The molecule has 1 heterocycles. The van der Waals surface area contributed by atoms with E-state index in [4.69, 9.17) is 16.6 Å². The lowest BCUT2D eigenvalue weighted by Crippen LogP contribution is -2.01. The van der Waals surface area contributed by atoms with Gasteiger partial charge in [0.2, 0.25) is 0 Å². The van der Waals surface area contributed by atoms with Gasteiger partial charge in [-0.1, -0.05) is 50.1 Å². The van der Waals surface area contributed by atoms with Gasteiger partial charge in [0.05, 0.1) is 5.69 Å². The highest BCUT2D eigenvalue weighted by molar-refractivity contribution is 6.30. The number of hydrogen-bond acceptors (Lipinski definition) is 2. The Morgan fingerprint density at radius 3 is 2.50 bits per heavy atom. The van der Waals surface area contributed by atoms with Crippen molar-refractivity contribution in [2.24, 2.45) is 0 Å². The van der Waals surface area contributed by atoms with Gasteiger partial charge >= 0.3 is 0 Å². The van der Waals surface area contributed by atoms with Crippen molar-refractivity contribution in [1.29, 1.82) is 0 Å². The molecule has 0 spiro atoms. The van der Waals surface area contributed by atoms with Crippen molar-refractivity contribution in [1.82, 2.24) is 9.97 Å². The second kappa shape index (κ2) is 6.85. The van der Waals surface area contributed by atoms with Crippen LogP contribution in [0.5, 0.6) is 0 Å². The smallest absolute Gasteiger partial charge is 0.136 e. The average Bonchev–Trinajstić information content (AvgIpc) is 2.43. The summed E-state index contributed by atoms with van der Waals surface area (Å²) in [6.45, 7) is 6.30. The summed E-state index contributed by atoms with van der Waals surface area (Å²) in [7, 11) is 0. The second-order valence-corrected chi connectivity index (χ2v) is 5.46. The molecule has 0 saturated carbocycles. The Morgan fingerprint density at radius 1 is 1.05 bits per heavy atom. The second-order valence-electron chi connectivity index (χ2n) is 5.10. The lowest BCUT2D eigenvalue weighted by atomic mass is 10.0. The topological polar surface area (TPSA) is 25.8 Å². The Balaban J connectivity index is 2.47. The summed E-state index contributed by atoms with van der Waals surface area (Å²) in [5.74, 6) is 0.832. The molecule has 3 heteroatoms. The van der Waals surface area contributed by atoms with Gasteiger partial charge < -0.3 is 0 Å². The number of nitrogens with zero attached hydrogens (tertiary/aromatic N) is 2. The summed E-state index contributed by atoms with van der Waals surface area (Å²) in [5, 5.41) is 0.569. The molecule has 0 bridgehead atoms. The van der Waals surface area contributed by atoms with E-state index >= 15 is 0 Å². The minimum atomic E-state index is 0.569. The summed E-state index contributed by atoms with van der Waals surface area (Å²) in [6, 6.07) is 8.57. The van der Waals surface area contributed by atoms with E-state index in [2.05, 4.69) is 43.1 Å². The zero-order valence-electron chi connectivity index (χ0n) is 12.4. The van der Waals surface area contributed by atoms with E-state index < -0.39 is 0 Å². The van der Waals surface area contributed by atoms with E-state index in [1.54, 1.807) is 0 Å². The first-order valence-electron chi connectivity index (χ1n) is 7.28. The molecule has 2 nitrogen and oxygen atoms in total.